The van der Waals surface area contributed by atoms with E-state index in [1.54, 1.807) is 62.4 Å². The molecule has 0 unspecified atom stereocenters. The average Bonchev–Trinajstić information content (AvgIpc) is 2.60. The van der Waals surface area contributed by atoms with E-state index in [9.17, 15) is 19.5 Å². The first-order valence-corrected chi connectivity index (χ1v) is 8.03. The van der Waals surface area contributed by atoms with Gasteiger partial charge < -0.3 is 10.4 Å². The minimum atomic E-state index is -0.995. The van der Waals surface area contributed by atoms with Gasteiger partial charge in [-0.1, -0.05) is 42.5 Å². The number of carbonyl (C=O) groups excluding carboxylic acids is 2. The molecule has 0 spiro atoms. The molecular formula is C20H21NO4. The number of aliphatic carboxylic acids is 1. The lowest BCUT2D eigenvalue weighted by Crippen LogP contribution is -2.28. The van der Waals surface area contributed by atoms with Crippen LogP contribution in [0.4, 0.5) is 5.69 Å². The van der Waals surface area contributed by atoms with Gasteiger partial charge in [-0.3, -0.25) is 14.4 Å². The van der Waals surface area contributed by atoms with Gasteiger partial charge in [0.2, 0.25) is 5.91 Å². The van der Waals surface area contributed by atoms with Crippen LogP contribution in [-0.2, 0) is 15.0 Å². The standard InChI is InChI=1S/C20H21NO4/c1-20(2,19(24)25)15-8-10-16(11-9-15)21-18(23)13-12-17(22)14-6-4-3-5-7-14/h3-11H,12-13H2,1-2H3,(H,21,23)(H,24,25). The highest BCUT2D eigenvalue weighted by molar-refractivity contribution is 6.00. The van der Waals surface area contributed by atoms with E-state index >= 15 is 0 Å². The first-order valence-electron chi connectivity index (χ1n) is 8.03. The molecule has 25 heavy (non-hydrogen) atoms. The van der Waals surface area contributed by atoms with Gasteiger partial charge >= 0.3 is 5.97 Å². The van der Waals surface area contributed by atoms with Gasteiger partial charge in [-0.25, -0.2) is 0 Å². The molecule has 5 heteroatoms. The van der Waals surface area contributed by atoms with Gasteiger partial charge in [0.05, 0.1) is 5.41 Å². The molecule has 130 valence electrons. The molecule has 5 nitrogen and oxygen atoms in total. The predicted molar refractivity (Wildman–Crippen MR) is 95.7 cm³/mol. The lowest BCUT2D eigenvalue weighted by Gasteiger charge is -2.19. The van der Waals surface area contributed by atoms with Gasteiger partial charge in [0, 0.05) is 24.1 Å². The maximum absolute atomic E-state index is 12.0. The molecule has 1 amide bonds. The van der Waals surface area contributed by atoms with Crippen LogP contribution in [0.2, 0.25) is 0 Å². The zero-order valence-corrected chi connectivity index (χ0v) is 14.3. The van der Waals surface area contributed by atoms with Crippen LogP contribution in [-0.4, -0.2) is 22.8 Å². The van der Waals surface area contributed by atoms with E-state index in [4.69, 9.17) is 0 Å². The third kappa shape index (κ3) is 4.76. The third-order valence-corrected chi connectivity index (χ3v) is 4.10. The summed E-state index contributed by atoms with van der Waals surface area (Å²) in [4.78, 5) is 35.2. The van der Waals surface area contributed by atoms with Crippen LogP contribution in [0.25, 0.3) is 0 Å². The fourth-order valence-electron chi connectivity index (χ4n) is 2.31. The Hall–Kier alpha value is -2.95. The summed E-state index contributed by atoms with van der Waals surface area (Å²) in [5, 5.41) is 11.9. The van der Waals surface area contributed by atoms with Crippen molar-refractivity contribution in [3.05, 3.63) is 65.7 Å². The Morgan fingerprint density at radius 1 is 0.920 bits per heavy atom. The SMILES string of the molecule is CC(C)(C(=O)O)c1ccc(NC(=O)CCC(=O)c2ccccc2)cc1. The molecule has 0 bridgehead atoms. The fourth-order valence-corrected chi connectivity index (χ4v) is 2.31. The van der Waals surface area contributed by atoms with Crippen LogP contribution in [0.5, 0.6) is 0 Å². The summed E-state index contributed by atoms with van der Waals surface area (Å²) in [6, 6.07) is 15.5. The van der Waals surface area contributed by atoms with Crippen LogP contribution < -0.4 is 5.32 Å². The van der Waals surface area contributed by atoms with Crippen LogP contribution in [0.3, 0.4) is 0 Å². The summed E-state index contributed by atoms with van der Waals surface area (Å²) in [7, 11) is 0. The fraction of sp³-hybridized carbons (Fsp3) is 0.250. The number of hydrogen-bond acceptors (Lipinski definition) is 3. The molecule has 0 aromatic heterocycles. The van der Waals surface area contributed by atoms with Crippen molar-refractivity contribution in [3.8, 4) is 0 Å². The van der Waals surface area contributed by atoms with Crippen LogP contribution in [0.15, 0.2) is 54.6 Å². The largest absolute Gasteiger partial charge is 0.481 e. The molecule has 0 heterocycles. The van der Waals surface area contributed by atoms with Crippen LogP contribution >= 0.6 is 0 Å². The van der Waals surface area contributed by atoms with Gasteiger partial charge in [0.1, 0.15) is 0 Å². The van der Waals surface area contributed by atoms with E-state index in [-0.39, 0.29) is 24.5 Å². The molecule has 0 fully saturated rings. The van der Waals surface area contributed by atoms with Crippen molar-refractivity contribution < 1.29 is 19.5 Å². The molecule has 0 atom stereocenters. The van der Waals surface area contributed by atoms with Gasteiger partial charge in [-0.05, 0) is 31.5 Å². The number of ketones is 1. The summed E-state index contributed by atoms with van der Waals surface area (Å²) in [5.74, 6) is -1.24. The molecular weight excluding hydrogens is 318 g/mol. The molecule has 0 aliphatic carbocycles. The van der Waals surface area contributed by atoms with Crippen molar-refractivity contribution in [2.45, 2.75) is 32.1 Å². The maximum atomic E-state index is 12.0. The number of Topliss-reactive ketones (excluding diaryl/α,β-unsaturated/α-hetero) is 1. The quantitative estimate of drug-likeness (QED) is 0.754. The first kappa shape index (κ1) is 18.4. The topological polar surface area (TPSA) is 83.5 Å². The van der Waals surface area contributed by atoms with E-state index in [0.717, 1.165) is 0 Å². The molecule has 0 saturated heterocycles. The van der Waals surface area contributed by atoms with Crippen LogP contribution in [0.1, 0.15) is 42.6 Å². The Kier molecular flexibility index (Phi) is 5.70. The Bertz CT molecular complexity index is 764. The predicted octanol–water partition coefficient (Wildman–Crippen LogP) is 3.65. The van der Waals surface area contributed by atoms with Crippen molar-refractivity contribution in [1.82, 2.24) is 0 Å². The van der Waals surface area contributed by atoms with Gasteiger partial charge in [-0.2, -0.15) is 0 Å². The summed E-state index contributed by atoms with van der Waals surface area (Å²) in [6.07, 6.45) is 0.232. The molecule has 2 rings (SSSR count). The van der Waals surface area contributed by atoms with E-state index in [1.807, 2.05) is 6.07 Å². The maximum Gasteiger partial charge on any atom is 0.313 e. The zero-order valence-electron chi connectivity index (χ0n) is 14.3. The Labute approximate surface area is 146 Å². The minimum Gasteiger partial charge on any atom is -0.481 e. The normalized spacial score (nSPS) is 11.0. The molecule has 0 aliphatic rings. The smallest absolute Gasteiger partial charge is 0.313 e. The second-order valence-electron chi connectivity index (χ2n) is 6.34. The molecule has 2 aromatic rings. The monoisotopic (exact) mass is 339 g/mol. The number of rotatable bonds is 7. The Morgan fingerprint density at radius 2 is 1.52 bits per heavy atom. The Balaban J connectivity index is 1.91. The van der Waals surface area contributed by atoms with E-state index in [1.165, 1.54) is 0 Å². The number of hydrogen-bond donors (Lipinski definition) is 2. The molecule has 0 aliphatic heterocycles. The minimum absolute atomic E-state index is 0.0747. The molecule has 2 N–H and O–H groups in total. The lowest BCUT2D eigenvalue weighted by atomic mass is 9.85. The van der Waals surface area contributed by atoms with Gasteiger partial charge in [0.15, 0.2) is 5.78 Å². The Morgan fingerprint density at radius 3 is 2.08 bits per heavy atom. The number of amides is 1. The van der Waals surface area contributed by atoms with Crippen molar-refractivity contribution in [2.24, 2.45) is 0 Å². The summed E-state index contributed by atoms with van der Waals surface area (Å²) in [6.45, 7) is 3.25. The lowest BCUT2D eigenvalue weighted by molar-refractivity contribution is -0.142. The van der Waals surface area contributed by atoms with E-state index in [0.29, 0.717) is 16.8 Å². The highest BCUT2D eigenvalue weighted by Gasteiger charge is 2.29. The second kappa shape index (κ2) is 7.75. The molecule has 2 aromatic carbocycles. The zero-order chi connectivity index (χ0) is 18.4. The number of benzene rings is 2. The van der Waals surface area contributed by atoms with Crippen molar-refractivity contribution in [2.75, 3.05) is 5.32 Å². The molecule has 0 saturated carbocycles. The van der Waals surface area contributed by atoms with Gasteiger partial charge in [0.25, 0.3) is 0 Å². The second-order valence-corrected chi connectivity index (χ2v) is 6.34. The van der Waals surface area contributed by atoms with E-state index in [2.05, 4.69) is 5.32 Å². The highest BCUT2D eigenvalue weighted by Crippen LogP contribution is 2.24. The molecule has 0 radical (unpaired) electrons. The average molecular weight is 339 g/mol. The summed E-state index contributed by atoms with van der Waals surface area (Å²) >= 11 is 0. The summed E-state index contributed by atoms with van der Waals surface area (Å²) < 4.78 is 0. The highest BCUT2D eigenvalue weighted by atomic mass is 16.4. The summed E-state index contributed by atoms with van der Waals surface area (Å²) in [5.41, 5.74) is 0.819. The number of anilines is 1. The van der Waals surface area contributed by atoms with Crippen molar-refractivity contribution in [1.29, 1.82) is 0 Å². The number of nitrogens with one attached hydrogen (secondary N) is 1. The van der Waals surface area contributed by atoms with Gasteiger partial charge in [-0.15, -0.1) is 0 Å². The van der Waals surface area contributed by atoms with Crippen LogP contribution in [0, 0.1) is 0 Å². The third-order valence-electron chi connectivity index (χ3n) is 4.10. The van der Waals surface area contributed by atoms with E-state index < -0.39 is 11.4 Å². The number of carbonyl (C=O) groups is 3. The number of carboxylic acids is 1. The number of carboxylic acid groups (broad SMARTS) is 1. The first-order chi connectivity index (χ1) is 11.8. The van der Waals surface area contributed by atoms with Crippen molar-refractivity contribution >= 4 is 23.3 Å². The van der Waals surface area contributed by atoms with Crippen molar-refractivity contribution in [3.63, 3.8) is 0 Å².